The van der Waals surface area contributed by atoms with Crippen LogP contribution in [0.3, 0.4) is 0 Å². The van der Waals surface area contributed by atoms with Crippen molar-refractivity contribution in [2.24, 2.45) is 0 Å². The van der Waals surface area contributed by atoms with Gasteiger partial charge in [0.1, 0.15) is 5.44 Å². The van der Waals surface area contributed by atoms with Gasteiger partial charge in [0.25, 0.3) is 0 Å². The van der Waals surface area contributed by atoms with Crippen molar-refractivity contribution >= 4 is 11.8 Å². The van der Waals surface area contributed by atoms with Crippen molar-refractivity contribution in [3.63, 3.8) is 0 Å². The molecule has 0 bridgehead atoms. The molecular weight excluding hydrogens is 200 g/mol. The average molecular weight is 218 g/mol. The Labute approximate surface area is 89.2 Å². The number of hydrogen-bond donors (Lipinski definition) is 2. The highest BCUT2D eigenvalue weighted by atomic mass is 32.2. The second kappa shape index (κ2) is 5.75. The zero-order valence-electron chi connectivity index (χ0n) is 8.48. The summed E-state index contributed by atoms with van der Waals surface area (Å²) in [5.74, 6) is 0.843. The van der Waals surface area contributed by atoms with E-state index in [1.54, 1.807) is 11.8 Å². The third-order valence-corrected chi connectivity index (χ3v) is 3.40. The van der Waals surface area contributed by atoms with Crippen molar-refractivity contribution < 1.29 is 14.9 Å². The standard InChI is InChI=1S/C10H18O3S/c1-7(2)6-14-10-4-8(12)3-9(5-11)13-10/h8-12H,1,3-6H2,2H3. The van der Waals surface area contributed by atoms with Crippen LogP contribution in [0.5, 0.6) is 0 Å². The maximum absolute atomic E-state index is 9.52. The van der Waals surface area contributed by atoms with Crippen LogP contribution in [0, 0.1) is 0 Å². The number of aliphatic hydroxyl groups is 2. The minimum atomic E-state index is -0.344. The van der Waals surface area contributed by atoms with Gasteiger partial charge in [0.2, 0.25) is 0 Å². The van der Waals surface area contributed by atoms with Crippen LogP contribution >= 0.6 is 11.8 Å². The summed E-state index contributed by atoms with van der Waals surface area (Å²) in [5, 5.41) is 18.5. The van der Waals surface area contributed by atoms with Crippen molar-refractivity contribution in [3.05, 3.63) is 12.2 Å². The van der Waals surface area contributed by atoms with E-state index >= 15 is 0 Å². The molecule has 1 rings (SSSR count). The fourth-order valence-corrected chi connectivity index (χ4v) is 2.47. The lowest BCUT2D eigenvalue weighted by atomic mass is 10.1. The molecule has 1 heterocycles. The highest BCUT2D eigenvalue weighted by molar-refractivity contribution is 7.99. The van der Waals surface area contributed by atoms with Crippen molar-refractivity contribution in [1.82, 2.24) is 0 Å². The maximum atomic E-state index is 9.52. The second-order valence-corrected chi connectivity index (χ2v) is 4.91. The SMILES string of the molecule is C=C(C)CSC1CC(O)CC(CO)O1. The highest BCUT2D eigenvalue weighted by Gasteiger charge is 2.27. The van der Waals surface area contributed by atoms with Gasteiger partial charge in [-0.15, -0.1) is 11.8 Å². The van der Waals surface area contributed by atoms with E-state index in [-0.39, 0.29) is 24.3 Å². The van der Waals surface area contributed by atoms with Crippen LogP contribution in [0.4, 0.5) is 0 Å². The Bertz CT molecular complexity index is 196. The Morgan fingerprint density at radius 3 is 2.86 bits per heavy atom. The summed E-state index contributed by atoms with van der Waals surface area (Å²) in [6.45, 7) is 5.76. The van der Waals surface area contributed by atoms with E-state index in [9.17, 15) is 5.11 Å². The van der Waals surface area contributed by atoms with Gasteiger partial charge < -0.3 is 14.9 Å². The molecule has 0 amide bonds. The molecule has 0 aromatic carbocycles. The van der Waals surface area contributed by atoms with Crippen LogP contribution in [0.2, 0.25) is 0 Å². The van der Waals surface area contributed by atoms with Gasteiger partial charge in [-0.3, -0.25) is 0 Å². The van der Waals surface area contributed by atoms with Gasteiger partial charge in [-0.1, -0.05) is 12.2 Å². The average Bonchev–Trinajstić information content (AvgIpc) is 2.14. The fourth-order valence-electron chi connectivity index (χ4n) is 1.41. The fraction of sp³-hybridized carbons (Fsp3) is 0.800. The third-order valence-electron chi connectivity index (χ3n) is 2.06. The Morgan fingerprint density at radius 2 is 2.29 bits per heavy atom. The first-order valence-corrected chi connectivity index (χ1v) is 5.87. The molecule has 1 aliphatic rings. The summed E-state index contributed by atoms with van der Waals surface area (Å²) in [7, 11) is 0. The molecule has 0 aliphatic carbocycles. The lowest BCUT2D eigenvalue weighted by Gasteiger charge is -2.31. The minimum absolute atomic E-state index is 0.00685. The quantitative estimate of drug-likeness (QED) is 0.695. The predicted octanol–water partition coefficient (Wildman–Crippen LogP) is 1.15. The lowest BCUT2D eigenvalue weighted by molar-refractivity contribution is -0.0782. The maximum Gasteiger partial charge on any atom is 0.106 e. The van der Waals surface area contributed by atoms with E-state index < -0.39 is 0 Å². The Hall–Kier alpha value is -0.0300. The molecule has 0 saturated carbocycles. The molecule has 3 atom stereocenters. The summed E-state index contributed by atoms with van der Waals surface area (Å²) >= 11 is 1.64. The van der Waals surface area contributed by atoms with Gasteiger partial charge in [0.15, 0.2) is 0 Å². The molecule has 1 aliphatic heterocycles. The van der Waals surface area contributed by atoms with E-state index in [0.29, 0.717) is 12.8 Å². The molecule has 0 radical (unpaired) electrons. The number of thioether (sulfide) groups is 1. The summed E-state index contributed by atoms with van der Waals surface area (Å²) in [6, 6.07) is 0. The first-order chi connectivity index (χ1) is 6.61. The molecule has 0 aromatic heterocycles. The molecule has 1 saturated heterocycles. The lowest BCUT2D eigenvalue weighted by Crippen LogP contribution is -2.36. The first kappa shape index (κ1) is 12.0. The molecule has 3 nitrogen and oxygen atoms in total. The van der Waals surface area contributed by atoms with Crippen LogP contribution in [0.1, 0.15) is 19.8 Å². The summed E-state index contributed by atoms with van der Waals surface area (Å²) in [5.41, 5.74) is 1.09. The van der Waals surface area contributed by atoms with Crippen LogP contribution in [0.15, 0.2) is 12.2 Å². The molecule has 0 aromatic rings. The Morgan fingerprint density at radius 1 is 1.57 bits per heavy atom. The Kier molecular flexibility index (Phi) is 4.95. The summed E-state index contributed by atoms with van der Waals surface area (Å²) in [6.07, 6.45) is 0.639. The monoisotopic (exact) mass is 218 g/mol. The van der Waals surface area contributed by atoms with E-state index in [2.05, 4.69) is 6.58 Å². The van der Waals surface area contributed by atoms with Crippen molar-refractivity contribution in [2.75, 3.05) is 12.4 Å². The van der Waals surface area contributed by atoms with Gasteiger partial charge in [0.05, 0.1) is 18.8 Å². The minimum Gasteiger partial charge on any atom is -0.394 e. The highest BCUT2D eigenvalue weighted by Crippen LogP contribution is 2.28. The molecular formula is C10H18O3S. The number of rotatable bonds is 4. The van der Waals surface area contributed by atoms with E-state index in [1.165, 1.54) is 0 Å². The zero-order valence-corrected chi connectivity index (χ0v) is 9.30. The van der Waals surface area contributed by atoms with Crippen LogP contribution in [0.25, 0.3) is 0 Å². The van der Waals surface area contributed by atoms with Crippen molar-refractivity contribution in [1.29, 1.82) is 0 Å². The first-order valence-electron chi connectivity index (χ1n) is 4.82. The summed E-state index contributed by atoms with van der Waals surface area (Å²) < 4.78 is 5.57. The van der Waals surface area contributed by atoms with E-state index in [0.717, 1.165) is 11.3 Å². The molecule has 2 N–H and O–H groups in total. The van der Waals surface area contributed by atoms with E-state index in [1.807, 2.05) is 6.92 Å². The molecule has 4 heteroatoms. The number of ether oxygens (including phenoxy) is 1. The third kappa shape index (κ3) is 4.00. The van der Waals surface area contributed by atoms with Gasteiger partial charge in [-0.25, -0.2) is 0 Å². The van der Waals surface area contributed by atoms with E-state index in [4.69, 9.17) is 9.84 Å². The van der Waals surface area contributed by atoms with Gasteiger partial charge >= 0.3 is 0 Å². The smallest absolute Gasteiger partial charge is 0.106 e. The largest absolute Gasteiger partial charge is 0.394 e. The van der Waals surface area contributed by atoms with Gasteiger partial charge in [-0.05, 0) is 6.92 Å². The molecule has 3 unspecified atom stereocenters. The van der Waals surface area contributed by atoms with Crippen molar-refractivity contribution in [3.8, 4) is 0 Å². The molecule has 1 fully saturated rings. The van der Waals surface area contributed by atoms with Gasteiger partial charge in [-0.2, -0.15) is 0 Å². The van der Waals surface area contributed by atoms with Crippen LogP contribution < -0.4 is 0 Å². The summed E-state index contributed by atoms with van der Waals surface area (Å²) in [4.78, 5) is 0. The molecule has 14 heavy (non-hydrogen) atoms. The number of hydrogen-bond acceptors (Lipinski definition) is 4. The molecule has 82 valence electrons. The Balaban J connectivity index is 2.33. The zero-order chi connectivity index (χ0) is 10.6. The number of aliphatic hydroxyl groups excluding tert-OH is 2. The topological polar surface area (TPSA) is 49.7 Å². The normalized spacial score (nSPS) is 32.9. The second-order valence-electron chi connectivity index (χ2n) is 3.76. The van der Waals surface area contributed by atoms with Gasteiger partial charge in [0, 0.05) is 18.6 Å². The predicted molar refractivity (Wildman–Crippen MR) is 58.3 cm³/mol. The van der Waals surface area contributed by atoms with Crippen molar-refractivity contribution in [2.45, 2.75) is 37.4 Å². The van der Waals surface area contributed by atoms with Crippen LogP contribution in [-0.2, 0) is 4.74 Å². The molecule has 0 spiro atoms. The van der Waals surface area contributed by atoms with Crippen LogP contribution in [-0.4, -0.2) is 40.2 Å².